The van der Waals surface area contributed by atoms with Crippen molar-refractivity contribution in [2.75, 3.05) is 6.61 Å². The first-order valence-corrected chi connectivity index (χ1v) is 10.8. The van der Waals surface area contributed by atoms with Gasteiger partial charge in [-0.25, -0.2) is 8.78 Å². The second-order valence-electron chi connectivity index (χ2n) is 10.4. The molecule has 2 aromatic carbocycles. The summed E-state index contributed by atoms with van der Waals surface area (Å²) >= 11 is 0. The molecule has 3 aromatic rings. The number of benzene rings is 2. The van der Waals surface area contributed by atoms with Gasteiger partial charge in [0, 0.05) is 27.7 Å². The maximum Gasteiger partial charge on any atom is 0.309 e. The summed E-state index contributed by atoms with van der Waals surface area (Å²) in [7, 11) is 0. The molecule has 6 heteroatoms. The quantitative estimate of drug-likeness (QED) is 0.521. The fourth-order valence-corrected chi connectivity index (χ4v) is 5.01. The van der Waals surface area contributed by atoms with Crippen molar-refractivity contribution in [1.29, 1.82) is 0 Å². The molecular weight excluding hydrogens is 412 g/mol. The van der Waals surface area contributed by atoms with Gasteiger partial charge >= 0.3 is 5.97 Å². The molecule has 0 radical (unpaired) electrons. The molecule has 2 heterocycles. The van der Waals surface area contributed by atoms with Crippen LogP contribution in [-0.2, 0) is 20.5 Å². The van der Waals surface area contributed by atoms with E-state index in [1.165, 1.54) is 18.2 Å². The number of nitrogens with zero attached hydrogens (tertiary/aromatic N) is 1. The van der Waals surface area contributed by atoms with Crippen LogP contribution in [0, 0.1) is 24.0 Å². The van der Waals surface area contributed by atoms with Gasteiger partial charge in [0.2, 0.25) is 0 Å². The summed E-state index contributed by atoms with van der Waals surface area (Å²) in [6, 6.07) is 9.55. The Morgan fingerprint density at radius 2 is 1.84 bits per heavy atom. The first kappa shape index (κ1) is 22.5. The van der Waals surface area contributed by atoms with Gasteiger partial charge in [-0.15, -0.1) is 0 Å². The minimum atomic E-state index is -1.05. The van der Waals surface area contributed by atoms with Crippen molar-refractivity contribution in [3.8, 4) is 5.69 Å². The highest BCUT2D eigenvalue weighted by molar-refractivity contribution is 5.89. The predicted molar refractivity (Wildman–Crippen MR) is 120 cm³/mol. The first-order chi connectivity index (χ1) is 14.8. The van der Waals surface area contributed by atoms with E-state index < -0.39 is 22.4 Å². The molecular formula is C26H29F2NO3. The van der Waals surface area contributed by atoms with Crippen LogP contribution in [0.15, 0.2) is 36.4 Å². The number of carbonyl (C=O) groups is 1. The number of ether oxygens (including phenoxy) is 1. The lowest BCUT2D eigenvalue weighted by atomic mass is 9.72. The molecule has 0 saturated carbocycles. The first-order valence-electron chi connectivity index (χ1n) is 10.8. The van der Waals surface area contributed by atoms with E-state index in [4.69, 9.17) is 4.74 Å². The highest BCUT2D eigenvalue weighted by Gasteiger charge is 2.49. The van der Waals surface area contributed by atoms with Gasteiger partial charge in [0.25, 0.3) is 0 Å². The fraction of sp³-hybridized carbons (Fsp3) is 0.423. The molecule has 4 nitrogen and oxygen atoms in total. The van der Waals surface area contributed by atoms with Crippen LogP contribution < -0.4 is 0 Å². The van der Waals surface area contributed by atoms with Gasteiger partial charge in [0.05, 0.1) is 23.1 Å². The van der Waals surface area contributed by atoms with E-state index in [9.17, 15) is 18.7 Å². The Labute approximate surface area is 186 Å². The molecule has 0 bridgehead atoms. The van der Waals surface area contributed by atoms with Gasteiger partial charge < -0.3 is 14.4 Å². The maximum absolute atomic E-state index is 14.5. The van der Waals surface area contributed by atoms with Gasteiger partial charge in [-0.2, -0.15) is 0 Å². The molecule has 0 aliphatic carbocycles. The standard InChI is InChI=1S/C26H29F2NO3/c1-15-11-17(8-9-19(15)28)29-20-10-7-16(27)12-18(20)21-22(29)25(4,5)14-32-26(21,6)13-24(2,3)23(30)31/h7-12H,13-14H2,1-6H3,(H,30,31)/t26-/m1/s1. The van der Waals surface area contributed by atoms with Crippen molar-refractivity contribution < 1.29 is 23.4 Å². The number of carboxylic acid groups (broad SMARTS) is 1. The van der Waals surface area contributed by atoms with E-state index in [1.807, 2.05) is 11.5 Å². The monoisotopic (exact) mass is 441 g/mol. The largest absolute Gasteiger partial charge is 0.481 e. The van der Waals surface area contributed by atoms with E-state index in [-0.39, 0.29) is 18.1 Å². The predicted octanol–water partition coefficient (Wildman–Crippen LogP) is 6.24. The van der Waals surface area contributed by atoms with Crippen molar-refractivity contribution in [1.82, 2.24) is 4.57 Å². The van der Waals surface area contributed by atoms with Gasteiger partial charge in [-0.1, -0.05) is 13.8 Å². The number of carboxylic acids is 1. The summed E-state index contributed by atoms with van der Waals surface area (Å²) in [5.41, 5.74) is 1.34. The lowest BCUT2D eigenvalue weighted by molar-refractivity contribution is -0.155. The third kappa shape index (κ3) is 3.41. The molecule has 0 amide bonds. The average molecular weight is 442 g/mol. The van der Waals surface area contributed by atoms with Gasteiger partial charge in [0.15, 0.2) is 0 Å². The molecule has 4 rings (SSSR count). The number of rotatable bonds is 4. The second kappa shape index (κ2) is 7.14. The molecule has 0 spiro atoms. The maximum atomic E-state index is 14.5. The average Bonchev–Trinajstić information content (AvgIpc) is 3.04. The Morgan fingerprint density at radius 3 is 2.47 bits per heavy atom. The summed E-state index contributed by atoms with van der Waals surface area (Å²) in [6.07, 6.45) is 0.219. The third-order valence-electron chi connectivity index (χ3n) is 6.61. The normalized spacial score (nSPS) is 20.4. The summed E-state index contributed by atoms with van der Waals surface area (Å²) in [5, 5.41) is 10.5. The zero-order valence-corrected chi connectivity index (χ0v) is 19.3. The smallest absolute Gasteiger partial charge is 0.309 e. The molecule has 0 unspecified atom stereocenters. The van der Waals surface area contributed by atoms with Crippen molar-refractivity contribution in [2.24, 2.45) is 5.41 Å². The molecule has 0 saturated heterocycles. The summed E-state index contributed by atoms with van der Waals surface area (Å²) in [6.45, 7) is 11.4. The molecule has 1 aliphatic rings. The molecule has 1 aromatic heterocycles. The van der Waals surface area contributed by atoms with E-state index in [2.05, 4.69) is 13.8 Å². The van der Waals surface area contributed by atoms with Crippen LogP contribution in [0.5, 0.6) is 0 Å². The van der Waals surface area contributed by atoms with Gasteiger partial charge in [-0.3, -0.25) is 4.79 Å². The molecule has 1 aliphatic heterocycles. The Hall–Kier alpha value is -2.73. The zero-order chi connectivity index (χ0) is 23.6. The van der Waals surface area contributed by atoms with E-state index in [1.54, 1.807) is 39.0 Å². The zero-order valence-electron chi connectivity index (χ0n) is 19.3. The van der Waals surface area contributed by atoms with Crippen molar-refractivity contribution in [3.05, 3.63) is 64.9 Å². The van der Waals surface area contributed by atoms with Crippen LogP contribution in [0.2, 0.25) is 0 Å². The van der Waals surface area contributed by atoms with Gasteiger partial charge in [-0.05, 0) is 76.1 Å². The third-order valence-corrected chi connectivity index (χ3v) is 6.61. The number of hydrogen-bond acceptors (Lipinski definition) is 2. The SMILES string of the molecule is Cc1cc(-n2c3c(c4cc(F)ccc42)[C@@](C)(CC(C)(C)C(=O)O)OCC3(C)C)ccc1F. The molecule has 1 N–H and O–H groups in total. The second-order valence-corrected chi connectivity index (χ2v) is 10.4. The summed E-state index contributed by atoms with van der Waals surface area (Å²) < 4.78 is 36.9. The minimum absolute atomic E-state index is 0.219. The van der Waals surface area contributed by atoms with Crippen LogP contribution in [0.3, 0.4) is 0 Å². The Balaban J connectivity index is 2.10. The number of hydrogen-bond donors (Lipinski definition) is 1. The number of aromatic nitrogens is 1. The van der Waals surface area contributed by atoms with Gasteiger partial charge in [0.1, 0.15) is 11.6 Å². The Bertz CT molecular complexity index is 1240. The van der Waals surface area contributed by atoms with Crippen LogP contribution >= 0.6 is 0 Å². The molecule has 0 fully saturated rings. The van der Waals surface area contributed by atoms with Crippen LogP contribution in [-0.4, -0.2) is 22.2 Å². The number of halogens is 2. The van der Waals surface area contributed by atoms with Crippen LogP contribution in [0.4, 0.5) is 8.78 Å². The topological polar surface area (TPSA) is 51.5 Å². The van der Waals surface area contributed by atoms with Crippen molar-refractivity contribution >= 4 is 16.9 Å². The lowest BCUT2D eigenvalue weighted by Crippen LogP contribution is -2.45. The molecule has 32 heavy (non-hydrogen) atoms. The van der Waals surface area contributed by atoms with E-state index in [0.717, 1.165) is 22.5 Å². The fourth-order valence-electron chi connectivity index (χ4n) is 5.01. The Kier molecular flexibility index (Phi) is 5.01. The highest BCUT2D eigenvalue weighted by atomic mass is 19.1. The summed E-state index contributed by atoms with van der Waals surface area (Å²) in [5.74, 6) is -1.59. The Morgan fingerprint density at radius 1 is 1.16 bits per heavy atom. The van der Waals surface area contributed by atoms with Crippen LogP contribution in [0.1, 0.15) is 57.9 Å². The molecule has 1 atom stereocenters. The lowest BCUT2D eigenvalue weighted by Gasteiger charge is -2.45. The number of aliphatic carboxylic acids is 1. The minimum Gasteiger partial charge on any atom is -0.481 e. The van der Waals surface area contributed by atoms with E-state index in [0.29, 0.717) is 17.6 Å². The van der Waals surface area contributed by atoms with Crippen molar-refractivity contribution in [3.63, 3.8) is 0 Å². The van der Waals surface area contributed by atoms with Crippen molar-refractivity contribution in [2.45, 2.75) is 59.0 Å². The van der Waals surface area contributed by atoms with Crippen LogP contribution in [0.25, 0.3) is 16.6 Å². The summed E-state index contributed by atoms with van der Waals surface area (Å²) in [4.78, 5) is 11.9. The number of fused-ring (bicyclic) bond motifs is 3. The highest BCUT2D eigenvalue weighted by Crippen LogP contribution is 2.51. The van der Waals surface area contributed by atoms with E-state index >= 15 is 0 Å². The molecule has 170 valence electrons. The number of aryl methyl sites for hydroxylation is 1.